The van der Waals surface area contributed by atoms with Gasteiger partial charge in [0.2, 0.25) is 0 Å². The monoisotopic (exact) mass is 188 g/mol. The Balaban J connectivity index is 2.50. The number of furan rings is 1. The molecule has 3 heteroatoms. The van der Waals surface area contributed by atoms with Crippen molar-refractivity contribution in [2.75, 3.05) is 14.1 Å². The molecule has 0 saturated carbocycles. The molecular weight excluding hydrogens is 176 g/mol. The van der Waals surface area contributed by atoms with Gasteiger partial charge in [0.05, 0.1) is 0 Å². The molecule has 72 valence electrons. The number of fused-ring (bicyclic) bond motifs is 1. The smallest absolute Gasteiger partial charge is 0.169 e. The van der Waals surface area contributed by atoms with Crippen molar-refractivity contribution in [2.45, 2.75) is 0 Å². The third kappa shape index (κ3) is 1.37. The van der Waals surface area contributed by atoms with Crippen molar-refractivity contribution < 1.29 is 4.42 Å². The van der Waals surface area contributed by atoms with Crippen LogP contribution in [-0.2, 0) is 0 Å². The molecule has 1 aromatic carbocycles. The molecule has 0 aliphatic heterocycles. The summed E-state index contributed by atoms with van der Waals surface area (Å²) in [5, 5.41) is 8.79. The molecule has 1 aromatic heterocycles. The first-order valence-electron chi connectivity index (χ1n) is 4.43. The molecule has 1 N–H and O–H groups in total. The summed E-state index contributed by atoms with van der Waals surface area (Å²) in [6.07, 6.45) is 0. The maximum Gasteiger partial charge on any atom is 0.169 e. The van der Waals surface area contributed by atoms with E-state index in [2.05, 4.69) is 0 Å². The first-order chi connectivity index (χ1) is 6.68. The minimum Gasteiger partial charge on any atom is -0.453 e. The van der Waals surface area contributed by atoms with Crippen LogP contribution in [0.4, 0.5) is 0 Å². The van der Waals surface area contributed by atoms with Crippen LogP contribution in [0.5, 0.6) is 0 Å². The van der Waals surface area contributed by atoms with Gasteiger partial charge >= 0.3 is 0 Å². The van der Waals surface area contributed by atoms with Gasteiger partial charge in [-0.2, -0.15) is 0 Å². The number of nitrogens with zero attached hydrogens (tertiary/aromatic N) is 1. The number of para-hydroxylation sites is 1. The summed E-state index contributed by atoms with van der Waals surface area (Å²) >= 11 is 0. The molecule has 0 saturated heterocycles. The van der Waals surface area contributed by atoms with Crippen LogP contribution in [0, 0.1) is 5.41 Å². The van der Waals surface area contributed by atoms with Crippen molar-refractivity contribution in [1.82, 2.24) is 4.90 Å². The summed E-state index contributed by atoms with van der Waals surface area (Å²) in [7, 11) is 3.66. The van der Waals surface area contributed by atoms with Gasteiger partial charge in [0.25, 0.3) is 0 Å². The predicted molar refractivity (Wildman–Crippen MR) is 56.7 cm³/mol. The van der Waals surface area contributed by atoms with E-state index < -0.39 is 0 Å². The van der Waals surface area contributed by atoms with Gasteiger partial charge in [-0.25, -0.2) is 0 Å². The van der Waals surface area contributed by atoms with Gasteiger partial charge in [-0.15, -0.1) is 0 Å². The molecule has 0 aliphatic rings. The summed E-state index contributed by atoms with van der Waals surface area (Å²) in [6.45, 7) is 0. The Morgan fingerprint density at radius 2 is 2.00 bits per heavy atom. The zero-order chi connectivity index (χ0) is 10.1. The van der Waals surface area contributed by atoms with E-state index in [-0.39, 0.29) is 0 Å². The van der Waals surface area contributed by atoms with E-state index in [1.54, 1.807) is 4.90 Å². The Hall–Kier alpha value is -1.77. The highest BCUT2D eigenvalue weighted by molar-refractivity contribution is 5.97. The summed E-state index contributed by atoms with van der Waals surface area (Å²) in [6, 6.07) is 9.65. The fraction of sp³-hybridized carbons (Fsp3) is 0.182. The van der Waals surface area contributed by atoms with Gasteiger partial charge in [-0.05, 0) is 12.1 Å². The lowest BCUT2D eigenvalue weighted by molar-refractivity contribution is 0.554. The van der Waals surface area contributed by atoms with E-state index in [1.807, 2.05) is 44.4 Å². The third-order valence-corrected chi connectivity index (χ3v) is 2.11. The molecule has 2 aromatic rings. The van der Waals surface area contributed by atoms with Crippen molar-refractivity contribution >= 4 is 16.8 Å². The zero-order valence-corrected chi connectivity index (χ0v) is 8.24. The highest BCUT2D eigenvalue weighted by atomic mass is 16.3. The molecule has 0 unspecified atom stereocenters. The zero-order valence-electron chi connectivity index (χ0n) is 8.24. The summed E-state index contributed by atoms with van der Waals surface area (Å²) in [5.74, 6) is 0.998. The van der Waals surface area contributed by atoms with Gasteiger partial charge in [0.15, 0.2) is 11.6 Å². The van der Waals surface area contributed by atoms with Crippen molar-refractivity contribution in [2.24, 2.45) is 0 Å². The van der Waals surface area contributed by atoms with Gasteiger partial charge in [0.1, 0.15) is 5.58 Å². The van der Waals surface area contributed by atoms with E-state index in [9.17, 15) is 0 Å². The minimum absolute atomic E-state index is 0.390. The van der Waals surface area contributed by atoms with Gasteiger partial charge in [-0.1, -0.05) is 18.2 Å². The minimum atomic E-state index is 0.390. The lowest BCUT2D eigenvalue weighted by Crippen LogP contribution is -2.20. The number of amidine groups is 1. The van der Waals surface area contributed by atoms with Crippen LogP contribution in [0.15, 0.2) is 34.7 Å². The Morgan fingerprint density at radius 1 is 1.29 bits per heavy atom. The van der Waals surface area contributed by atoms with Crippen LogP contribution in [0.2, 0.25) is 0 Å². The molecule has 14 heavy (non-hydrogen) atoms. The second-order valence-electron chi connectivity index (χ2n) is 3.39. The van der Waals surface area contributed by atoms with E-state index in [0.29, 0.717) is 11.6 Å². The van der Waals surface area contributed by atoms with Crippen molar-refractivity contribution in [3.05, 3.63) is 36.1 Å². The number of hydrogen-bond acceptors (Lipinski definition) is 2. The van der Waals surface area contributed by atoms with E-state index in [4.69, 9.17) is 9.83 Å². The predicted octanol–water partition coefficient (Wildman–Crippen LogP) is 2.32. The Bertz CT molecular complexity index is 438. The molecule has 0 bridgehead atoms. The fourth-order valence-corrected chi connectivity index (χ4v) is 1.32. The van der Waals surface area contributed by atoms with Crippen LogP contribution in [0.3, 0.4) is 0 Å². The average Bonchev–Trinajstić information content (AvgIpc) is 2.59. The first kappa shape index (κ1) is 8.81. The topological polar surface area (TPSA) is 40.2 Å². The highest BCUT2D eigenvalue weighted by Gasteiger charge is 2.09. The van der Waals surface area contributed by atoms with E-state index in [1.165, 1.54) is 0 Å². The van der Waals surface area contributed by atoms with Gasteiger partial charge in [0, 0.05) is 19.5 Å². The summed E-state index contributed by atoms with van der Waals surface area (Å²) < 4.78 is 5.52. The third-order valence-electron chi connectivity index (χ3n) is 2.11. The molecule has 1 heterocycles. The number of hydrogen-bond donors (Lipinski definition) is 1. The molecule has 0 spiro atoms. The molecule has 3 nitrogen and oxygen atoms in total. The SMILES string of the molecule is CN(C)C(=N)c1cc2ccccc2o1. The standard InChI is InChI=1S/C11H12N2O/c1-13(2)11(12)10-7-8-5-3-4-6-9(8)14-10/h3-7,12H,1-2H3. The van der Waals surface area contributed by atoms with Crippen LogP contribution in [-0.4, -0.2) is 24.8 Å². The maximum atomic E-state index is 7.75. The summed E-state index contributed by atoms with van der Waals surface area (Å²) in [4.78, 5) is 1.72. The highest BCUT2D eigenvalue weighted by Crippen LogP contribution is 2.19. The molecule has 0 radical (unpaired) electrons. The molecule has 2 rings (SSSR count). The second-order valence-corrected chi connectivity index (χ2v) is 3.39. The van der Waals surface area contributed by atoms with Crippen LogP contribution >= 0.6 is 0 Å². The molecule has 0 atom stereocenters. The Labute approximate surface area is 82.4 Å². The lowest BCUT2D eigenvalue weighted by atomic mass is 10.2. The molecular formula is C11H12N2O. The first-order valence-corrected chi connectivity index (χ1v) is 4.43. The van der Waals surface area contributed by atoms with Crippen LogP contribution < -0.4 is 0 Å². The molecule has 0 amide bonds. The number of rotatable bonds is 1. The number of benzene rings is 1. The van der Waals surface area contributed by atoms with Crippen LogP contribution in [0.1, 0.15) is 5.76 Å². The van der Waals surface area contributed by atoms with Crippen molar-refractivity contribution in [3.63, 3.8) is 0 Å². The Morgan fingerprint density at radius 3 is 2.64 bits per heavy atom. The average molecular weight is 188 g/mol. The maximum absolute atomic E-state index is 7.75. The largest absolute Gasteiger partial charge is 0.453 e. The van der Waals surface area contributed by atoms with Crippen LogP contribution in [0.25, 0.3) is 11.0 Å². The van der Waals surface area contributed by atoms with Crippen molar-refractivity contribution in [1.29, 1.82) is 5.41 Å². The van der Waals surface area contributed by atoms with Crippen molar-refractivity contribution in [3.8, 4) is 0 Å². The molecule has 0 fully saturated rings. The second kappa shape index (κ2) is 3.18. The number of nitrogens with one attached hydrogen (secondary N) is 1. The van der Waals surface area contributed by atoms with E-state index in [0.717, 1.165) is 11.0 Å². The fourth-order valence-electron chi connectivity index (χ4n) is 1.32. The van der Waals surface area contributed by atoms with E-state index >= 15 is 0 Å². The quantitative estimate of drug-likeness (QED) is 0.551. The van der Waals surface area contributed by atoms with Gasteiger partial charge in [-0.3, -0.25) is 5.41 Å². The molecule has 0 aliphatic carbocycles. The van der Waals surface area contributed by atoms with Gasteiger partial charge < -0.3 is 9.32 Å². The summed E-state index contributed by atoms with van der Waals surface area (Å²) in [5.41, 5.74) is 0.828. The Kier molecular flexibility index (Phi) is 2.00. The normalized spacial score (nSPS) is 10.4. The lowest BCUT2D eigenvalue weighted by Gasteiger charge is -2.09.